The average Bonchev–Trinajstić information content (AvgIpc) is 3.43. The van der Waals surface area contributed by atoms with Gasteiger partial charge in [-0.25, -0.2) is 19.0 Å². The Morgan fingerprint density at radius 1 is 1.03 bits per heavy atom. The Morgan fingerprint density at radius 2 is 1.88 bits per heavy atom. The molecule has 0 fully saturated rings. The van der Waals surface area contributed by atoms with Crippen LogP contribution in [0.2, 0.25) is 0 Å². The van der Waals surface area contributed by atoms with Crippen molar-refractivity contribution in [1.29, 1.82) is 0 Å². The van der Waals surface area contributed by atoms with Crippen LogP contribution in [0, 0.1) is 12.7 Å². The molecule has 0 bridgehead atoms. The molecule has 0 N–H and O–H groups in total. The third kappa shape index (κ3) is 3.84. The number of imidazole rings is 1. The fourth-order valence-electron chi connectivity index (χ4n) is 3.72. The Labute approximate surface area is 184 Å². The second kappa shape index (κ2) is 8.26. The molecule has 9 heteroatoms. The summed E-state index contributed by atoms with van der Waals surface area (Å²) in [5.74, 6) is 1.58. The predicted octanol–water partition coefficient (Wildman–Crippen LogP) is 4.03. The summed E-state index contributed by atoms with van der Waals surface area (Å²) in [5.41, 5.74) is 3.36. The molecular formula is C23H22FN7O. The number of hydrogen-bond donors (Lipinski definition) is 0. The number of benzene rings is 1. The van der Waals surface area contributed by atoms with Crippen molar-refractivity contribution in [3.63, 3.8) is 0 Å². The van der Waals surface area contributed by atoms with Crippen LogP contribution >= 0.6 is 0 Å². The van der Waals surface area contributed by atoms with E-state index in [4.69, 9.17) is 4.74 Å². The molecule has 0 unspecified atom stereocenters. The standard InChI is InChI=1S/C23H22FN7O/c1-16-14-29(15-25-16)20-10-6-18(26-22(20)32-2)7-11-21-27-23-30(12-3-13-31(23)28-21)19-8-4-17(24)5-9-19/h4-11,14-15H,3,12-13H2,1-2H3/b11-7+. The van der Waals surface area contributed by atoms with Gasteiger partial charge in [0.2, 0.25) is 11.8 Å². The second-order valence-corrected chi connectivity index (χ2v) is 7.49. The summed E-state index contributed by atoms with van der Waals surface area (Å²) in [5, 5.41) is 4.60. The third-order valence-electron chi connectivity index (χ3n) is 5.25. The summed E-state index contributed by atoms with van der Waals surface area (Å²) in [4.78, 5) is 15.6. The first-order valence-electron chi connectivity index (χ1n) is 10.3. The van der Waals surface area contributed by atoms with Gasteiger partial charge in [0.05, 0.1) is 24.8 Å². The lowest BCUT2D eigenvalue weighted by Gasteiger charge is -2.27. The summed E-state index contributed by atoms with van der Waals surface area (Å²) in [6, 6.07) is 10.3. The Bertz CT molecular complexity index is 1280. The Hall–Kier alpha value is -4.01. The summed E-state index contributed by atoms with van der Waals surface area (Å²) in [7, 11) is 1.60. The van der Waals surface area contributed by atoms with Gasteiger partial charge >= 0.3 is 0 Å². The topological polar surface area (TPSA) is 73.9 Å². The molecule has 8 nitrogen and oxygen atoms in total. The first-order chi connectivity index (χ1) is 15.6. The molecule has 5 rings (SSSR count). The molecular weight excluding hydrogens is 409 g/mol. The van der Waals surface area contributed by atoms with E-state index >= 15 is 0 Å². The van der Waals surface area contributed by atoms with E-state index in [1.165, 1.54) is 12.1 Å². The lowest BCUT2D eigenvalue weighted by molar-refractivity contribution is 0.395. The molecule has 0 amide bonds. The normalized spacial score (nSPS) is 13.5. The number of ether oxygens (including phenoxy) is 1. The van der Waals surface area contributed by atoms with Crippen LogP contribution in [0.3, 0.4) is 0 Å². The Kier molecular flexibility index (Phi) is 5.14. The SMILES string of the molecule is COc1nc(/C=C/c2nc3n(n2)CCCN3c2ccc(F)cc2)ccc1-n1cnc(C)c1. The molecule has 32 heavy (non-hydrogen) atoms. The number of rotatable bonds is 5. The van der Waals surface area contributed by atoms with E-state index in [1.54, 1.807) is 25.6 Å². The molecule has 0 saturated heterocycles. The molecule has 0 spiro atoms. The highest BCUT2D eigenvalue weighted by molar-refractivity contribution is 5.67. The van der Waals surface area contributed by atoms with Crippen LogP contribution in [0.1, 0.15) is 23.6 Å². The van der Waals surface area contributed by atoms with Crippen molar-refractivity contribution in [2.45, 2.75) is 19.9 Å². The quantitative estimate of drug-likeness (QED) is 0.475. The maximum Gasteiger partial charge on any atom is 0.238 e. The molecule has 1 aromatic carbocycles. The van der Waals surface area contributed by atoms with Crippen LogP contribution in [0.5, 0.6) is 5.88 Å². The zero-order valence-electron chi connectivity index (χ0n) is 17.8. The second-order valence-electron chi connectivity index (χ2n) is 7.49. The highest BCUT2D eigenvalue weighted by Crippen LogP contribution is 2.28. The molecule has 3 aromatic heterocycles. The number of halogens is 1. The molecule has 0 atom stereocenters. The molecule has 4 aromatic rings. The number of methoxy groups -OCH3 is 1. The van der Waals surface area contributed by atoms with Crippen molar-refractivity contribution in [2.24, 2.45) is 0 Å². The molecule has 1 aliphatic heterocycles. The fourth-order valence-corrected chi connectivity index (χ4v) is 3.72. The minimum absolute atomic E-state index is 0.257. The Balaban J connectivity index is 1.40. The summed E-state index contributed by atoms with van der Waals surface area (Å²) >= 11 is 0. The van der Waals surface area contributed by atoms with E-state index in [0.717, 1.165) is 48.2 Å². The van der Waals surface area contributed by atoms with Crippen molar-refractivity contribution in [3.05, 3.63) is 72.0 Å². The van der Waals surface area contributed by atoms with E-state index in [2.05, 4.69) is 25.0 Å². The van der Waals surface area contributed by atoms with Gasteiger partial charge in [0.1, 0.15) is 11.5 Å². The minimum atomic E-state index is -0.257. The molecule has 0 aliphatic carbocycles. The van der Waals surface area contributed by atoms with Gasteiger partial charge in [0.25, 0.3) is 0 Å². The summed E-state index contributed by atoms with van der Waals surface area (Å²) in [6.07, 6.45) is 8.27. The highest BCUT2D eigenvalue weighted by atomic mass is 19.1. The number of anilines is 2. The lowest BCUT2D eigenvalue weighted by atomic mass is 10.2. The van der Waals surface area contributed by atoms with Crippen molar-refractivity contribution in [1.82, 2.24) is 29.3 Å². The monoisotopic (exact) mass is 431 g/mol. The van der Waals surface area contributed by atoms with E-state index in [0.29, 0.717) is 11.7 Å². The minimum Gasteiger partial charge on any atom is -0.479 e. The number of aromatic nitrogens is 6. The first kappa shape index (κ1) is 19.9. The summed E-state index contributed by atoms with van der Waals surface area (Å²) < 4.78 is 22.5. The average molecular weight is 431 g/mol. The zero-order valence-corrected chi connectivity index (χ0v) is 17.8. The predicted molar refractivity (Wildman–Crippen MR) is 120 cm³/mol. The first-order valence-corrected chi connectivity index (χ1v) is 10.3. The van der Waals surface area contributed by atoms with Crippen LogP contribution in [-0.4, -0.2) is 43.0 Å². The molecule has 1 aliphatic rings. The van der Waals surface area contributed by atoms with Crippen LogP contribution in [0.25, 0.3) is 17.8 Å². The van der Waals surface area contributed by atoms with Gasteiger partial charge in [0, 0.05) is 25.0 Å². The smallest absolute Gasteiger partial charge is 0.238 e. The van der Waals surface area contributed by atoms with Crippen LogP contribution in [0.4, 0.5) is 16.0 Å². The lowest BCUT2D eigenvalue weighted by Crippen LogP contribution is -2.28. The third-order valence-corrected chi connectivity index (χ3v) is 5.25. The highest BCUT2D eigenvalue weighted by Gasteiger charge is 2.22. The van der Waals surface area contributed by atoms with Crippen molar-refractivity contribution in [3.8, 4) is 11.6 Å². The van der Waals surface area contributed by atoms with E-state index < -0.39 is 0 Å². The molecule has 0 saturated carbocycles. The van der Waals surface area contributed by atoms with Gasteiger partial charge < -0.3 is 14.2 Å². The number of aryl methyl sites for hydroxylation is 2. The van der Waals surface area contributed by atoms with Crippen LogP contribution in [-0.2, 0) is 6.54 Å². The molecule has 162 valence electrons. The maximum absolute atomic E-state index is 13.3. The van der Waals surface area contributed by atoms with Crippen molar-refractivity contribution < 1.29 is 9.13 Å². The van der Waals surface area contributed by atoms with Gasteiger partial charge in [-0.3, -0.25) is 0 Å². The van der Waals surface area contributed by atoms with E-state index in [9.17, 15) is 4.39 Å². The van der Waals surface area contributed by atoms with Crippen molar-refractivity contribution in [2.75, 3.05) is 18.6 Å². The van der Waals surface area contributed by atoms with E-state index in [-0.39, 0.29) is 5.82 Å². The Morgan fingerprint density at radius 3 is 2.62 bits per heavy atom. The van der Waals surface area contributed by atoms with Gasteiger partial charge in [-0.05, 0) is 61.9 Å². The van der Waals surface area contributed by atoms with Crippen molar-refractivity contribution >= 4 is 23.8 Å². The van der Waals surface area contributed by atoms with E-state index in [1.807, 2.05) is 46.7 Å². The summed E-state index contributed by atoms with van der Waals surface area (Å²) in [6.45, 7) is 3.53. The molecule has 4 heterocycles. The number of pyridine rings is 1. The van der Waals surface area contributed by atoms with Gasteiger partial charge in [-0.15, -0.1) is 5.10 Å². The number of nitrogens with zero attached hydrogens (tertiary/aromatic N) is 7. The van der Waals surface area contributed by atoms with Gasteiger partial charge in [0.15, 0.2) is 5.82 Å². The van der Waals surface area contributed by atoms with Gasteiger partial charge in [-0.1, -0.05) is 0 Å². The van der Waals surface area contributed by atoms with Gasteiger partial charge in [-0.2, -0.15) is 4.98 Å². The number of hydrogen-bond acceptors (Lipinski definition) is 6. The number of fused-ring (bicyclic) bond motifs is 1. The van der Waals surface area contributed by atoms with Crippen LogP contribution in [0.15, 0.2) is 48.9 Å². The van der Waals surface area contributed by atoms with Crippen LogP contribution < -0.4 is 9.64 Å². The largest absolute Gasteiger partial charge is 0.479 e. The zero-order chi connectivity index (χ0) is 22.1. The maximum atomic E-state index is 13.3. The fraction of sp³-hybridized carbons (Fsp3) is 0.217. The molecule has 0 radical (unpaired) electrons.